The summed E-state index contributed by atoms with van der Waals surface area (Å²) in [4.78, 5) is 11.6. The molecule has 0 bridgehead atoms. The average Bonchev–Trinajstić information content (AvgIpc) is 2.41. The van der Waals surface area contributed by atoms with Crippen LogP contribution in [0.1, 0.15) is 20.3 Å². The number of methoxy groups -OCH3 is 1. The number of rotatable bonds is 2. The largest absolute Gasteiger partial charge is 0.495 e. The zero-order valence-electron chi connectivity index (χ0n) is 11.6. The molecule has 0 spiro atoms. The van der Waals surface area contributed by atoms with Crippen LogP contribution in [0.2, 0.25) is 0 Å². The van der Waals surface area contributed by atoms with E-state index in [1.165, 1.54) is 17.1 Å². The van der Waals surface area contributed by atoms with Crippen LogP contribution in [0, 0.1) is 0 Å². The third kappa shape index (κ3) is 3.88. The number of nitrogens with zero attached hydrogens (tertiary/aromatic N) is 1. The lowest BCUT2D eigenvalue weighted by Gasteiger charge is -2.09. The van der Waals surface area contributed by atoms with E-state index in [-0.39, 0.29) is 5.56 Å². The van der Waals surface area contributed by atoms with E-state index in [4.69, 9.17) is 10.5 Å². The van der Waals surface area contributed by atoms with Crippen molar-refractivity contribution in [3.63, 3.8) is 0 Å². The Balaban J connectivity index is 0.000000550. The van der Waals surface area contributed by atoms with Gasteiger partial charge in [0.15, 0.2) is 0 Å². The standard InChI is InChI=1S/C12H12N2O2.C3H8/c1-16-11-8-9(5-6-10(11)13)14-7-3-2-4-12(14)15;1-3-2/h2-8H,13H2,1H3;3H2,1-2H3. The first kappa shape index (κ1) is 14.8. The van der Waals surface area contributed by atoms with Crippen LogP contribution in [0.15, 0.2) is 47.4 Å². The molecule has 0 aliphatic heterocycles. The highest BCUT2D eigenvalue weighted by molar-refractivity contribution is 5.57. The van der Waals surface area contributed by atoms with Gasteiger partial charge in [-0.05, 0) is 18.2 Å². The van der Waals surface area contributed by atoms with Gasteiger partial charge in [-0.15, -0.1) is 0 Å². The summed E-state index contributed by atoms with van der Waals surface area (Å²) in [5.74, 6) is 0.563. The molecule has 2 N–H and O–H groups in total. The van der Waals surface area contributed by atoms with E-state index in [1.54, 1.807) is 43.6 Å². The van der Waals surface area contributed by atoms with Gasteiger partial charge in [0.05, 0.1) is 18.5 Å². The molecular formula is C15H20N2O2. The maximum absolute atomic E-state index is 11.6. The Bertz CT molecular complexity index is 576. The summed E-state index contributed by atoms with van der Waals surface area (Å²) < 4.78 is 6.64. The van der Waals surface area contributed by atoms with Crippen LogP contribution in [0.5, 0.6) is 5.75 Å². The molecule has 0 saturated carbocycles. The van der Waals surface area contributed by atoms with Crippen LogP contribution < -0.4 is 16.0 Å². The number of hydrogen-bond donors (Lipinski definition) is 1. The average molecular weight is 260 g/mol. The number of anilines is 1. The second kappa shape index (κ2) is 7.26. The maximum atomic E-state index is 11.6. The molecule has 1 aromatic carbocycles. The zero-order chi connectivity index (χ0) is 14.3. The van der Waals surface area contributed by atoms with Crippen molar-refractivity contribution in [2.45, 2.75) is 20.3 Å². The number of nitrogen functional groups attached to an aromatic ring is 1. The first-order valence-electron chi connectivity index (χ1n) is 6.25. The molecule has 102 valence electrons. The molecule has 1 aromatic heterocycles. The first-order chi connectivity index (χ1) is 9.13. The molecule has 0 fully saturated rings. The SMILES string of the molecule is CCC.COc1cc(-n2ccccc2=O)ccc1N. The van der Waals surface area contributed by atoms with Crippen LogP contribution in [-0.2, 0) is 0 Å². The molecule has 4 heteroatoms. The van der Waals surface area contributed by atoms with E-state index in [9.17, 15) is 4.79 Å². The molecule has 4 nitrogen and oxygen atoms in total. The van der Waals surface area contributed by atoms with E-state index in [0.29, 0.717) is 11.4 Å². The second-order valence-corrected chi connectivity index (χ2v) is 4.04. The fourth-order valence-corrected chi connectivity index (χ4v) is 1.49. The van der Waals surface area contributed by atoms with Gasteiger partial charge in [0.1, 0.15) is 5.75 Å². The predicted molar refractivity (Wildman–Crippen MR) is 79.0 cm³/mol. The molecule has 0 aliphatic rings. The minimum Gasteiger partial charge on any atom is -0.495 e. The van der Waals surface area contributed by atoms with Crippen molar-refractivity contribution in [3.05, 3.63) is 52.9 Å². The summed E-state index contributed by atoms with van der Waals surface area (Å²) in [6.07, 6.45) is 2.95. The summed E-state index contributed by atoms with van der Waals surface area (Å²) >= 11 is 0. The molecule has 0 saturated heterocycles. The second-order valence-electron chi connectivity index (χ2n) is 4.04. The van der Waals surface area contributed by atoms with Gasteiger partial charge < -0.3 is 10.5 Å². The topological polar surface area (TPSA) is 57.2 Å². The lowest BCUT2D eigenvalue weighted by atomic mass is 10.2. The van der Waals surface area contributed by atoms with Crippen molar-refractivity contribution in [1.82, 2.24) is 4.57 Å². The van der Waals surface area contributed by atoms with Gasteiger partial charge in [0, 0.05) is 18.3 Å². The van der Waals surface area contributed by atoms with E-state index in [1.807, 2.05) is 0 Å². The molecule has 0 radical (unpaired) electrons. The Hall–Kier alpha value is -2.23. The van der Waals surface area contributed by atoms with Crippen molar-refractivity contribution < 1.29 is 4.74 Å². The molecule has 2 rings (SSSR count). The van der Waals surface area contributed by atoms with Gasteiger partial charge in [-0.1, -0.05) is 26.3 Å². The van der Waals surface area contributed by atoms with Gasteiger partial charge >= 0.3 is 0 Å². The van der Waals surface area contributed by atoms with E-state index < -0.39 is 0 Å². The van der Waals surface area contributed by atoms with Crippen LogP contribution in [0.25, 0.3) is 5.69 Å². The number of pyridine rings is 1. The van der Waals surface area contributed by atoms with Crippen molar-refractivity contribution in [1.29, 1.82) is 0 Å². The fourth-order valence-electron chi connectivity index (χ4n) is 1.49. The summed E-state index contributed by atoms with van der Waals surface area (Å²) in [5.41, 5.74) is 6.90. The van der Waals surface area contributed by atoms with E-state index >= 15 is 0 Å². The summed E-state index contributed by atoms with van der Waals surface area (Å²) in [6, 6.07) is 10.2. The maximum Gasteiger partial charge on any atom is 0.255 e. The number of benzene rings is 1. The minimum atomic E-state index is -0.0886. The molecule has 2 aromatic rings. The van der Waals surface area contributed by atoms with Crippen molar-refractivity contribution >= 4 is 5.69 Å². The summed E-state index contributed by atoms with van der Waals surface area (Å²) in [6.45, 7) is 4.25. The lowest BCUT2D eigenvalue weighted by Crippen LogP contribution is -2.15. The minimum absolute atomic E-state index is 0.0886. The number of hydrogen-bond acceptors (Lipinski definition) is 3. The normalized spacial score (nSPS) is 9.42. The Labute approximate surface area is 113 Å². The van der Waals surface area contributed by atoms with E-state index in [2.05, 4.69) is 13.8 Å². The van der Waals surface area contributed by atoms with Gasteiger partial charge in [0.25, 0.3) is 5.56 Å². The smallest absolute Gasteiger partial charge is 0.255 e. The first-order valence-corrected chi connectivity index (χ1v) is 6.25. The molecule has 0 aliphatic carbocycles. The van der Waals surface area contributed by atoms with Crippen molar-refractivity contribution in [3.8, 4) is 11.4 Å². The number of aromatic nitrogens is 1. The van der Waals surface area contributed by atoms with Crippen LogP contribution in [0.3, 0.4) is 0 Å². The molecule has 0 atom stereocenters. The van der Waals surface area contributed by atoms with Gasteiger partial charge in [0.2, 0.25) is 0 Å². The Kier molecular flexibility index (Phi) is 5.67. The summed E-state index contributed by atoms with van der Waals surface area (Å²) in [7, 11) is 1.54. The number of ether oxygens (including phenoxy) is 1. The van der Waals surface area contributed by atoms with Gasteiger partial charge in [-0.3, -0.25) is 9.36 Å². The molecular weight excluding hydrogens is 240 g/mol. The van der Waals surface area contributed by atoms with Crippen molar-refractivity contribution in [2.24, 2.45) is 0 Å². The molecule has 19 heavy (non-hydrogen) atoms. The highest BCUT2D eigenvalue weighted by Crippen LogP contribution is 2.23. The highest BCUT2D eigenvalue weighted by atomic mass is 16.5. The monoisotopic (exact) mass is 260 g/mol. The lowest BCUT2D eigenvalue weighted by molar-refractivity contribution is 0.417. The van der Waals surface area contributed by atoms with Crippen LogP contribution in [0.4, 0.5) is 5.69 Å². The molecule has 0 unspecified atom stereocenters. The Morgan fingerprint density at radius 2 is 1.89 bits per heavy atom. The number of nitrogens with two attached hydrogens (primary N) is 1. The van der Waals surface area contributed by atoms with Gasteiger partial charge in [-0.2, -0.15) is 0 Å². The Morgan fingerprint density at radius 1 is 1.21 bits per heavy atom. The van der Waals surface area contributed by atoms with Crippen LogP contribution >= 0.6 is 0 Å². The van der Waals surface area contributed by atoms with E-state index in [0.717, 1.165) is 5.69 Å². The third-order valence-corrected chi connectivity index (χ3v) is 2.32. The van der Waals surface area contributed by atoms with Crippen molar-refractivity contribution in [2.75, 3.05) is 12.8 Å². The Morgan fingerprint density at radius 3 is 2.47 bits per heavy atom. The molecule has 1 heterocycles. The summed E-state index contributed by atoms with van der Waals surface area (Å²) in [5, 5.41) is 0. The van der Waals surface area contributed by atoms with Crippen LogP contribution in [-0.4, -0.2) is 11.7 Å². The van der Waals surface area contributed by atoms with Gasteiger partial charge in [-0.25, -0.2) is 0 Å². The third-order valence-electron chi connectivity index (χ3n) is 2.32. The quantitative estimate of drug-likeness (QED) is 0.845. The highest BCUT2D eigenvalue weighted by Gasteiger charge is 2.03. The zero-order valence-corrected chi connectivity index (χ0v) is 11.6. The molecule has 0 amide bonds. The predicted octanol–water partition coefficient (Wildman–Crippen LogP) is 2.84. The fraction of sp³-hybridized carbons (Fsp3) is 0.267.